The summed E-state index contributed by atoms with van der Waals surface area (Å²) in [5, 5.41) is 3.15. The Labute approximate surface area is 158 Å². The maximum absolute atomic E-state index is 12.8. The van der Waals surface area contributed by atoms with Gasteiger partial charge in [-0.15, -0.1) is 0 Å². The van der Waals surface area contributed by atoms with Gasteiger partial charge in [-0.2, -0.15) is 0 Å². The summed E-state index contributed by atoms with van der Waals surface area (Å²) in [6, 6.07) is 9.12. The lowest BCUT2D eigenvalue weighted by molar-refractivity contribution is 0.127. The molecule has 0 spiro atoms. The van der Waals surface area contributed by atoms with E-state index in [1.807, 2.05) is 0 Å². The lowest BCUT2D eigenvalue weighted by Gasteiger charge is -2.37. The van der Waals surface area contributed by atoms with E-state index in [1.54, 1.807) is 0 Å². The van der Waals surface area contributed by atoms with Crippen molar-refractivity contribution in [2.75, 3.05) is 26.2 Å². The molecule has 0 aliphatic carbocycles. The minimum absolute atomic E-state index is 0.105. The highest BCUT2D eigenvalue weighted by Crippen LogP contribution is 2.23. The van der Waals surface area contributed by atoms with E-state index in [2.05, 4.69) is 60.2 Å². The highest BCUT2D eigenvalue weighted by atomic mass is 16.2. The zero-order chi connectivity index (χ0) is 18.6. The lowest BCUT2D eigenvalue weighted by Crippen LogP contribution is -2.52. The van der Waals surface area contributed by atoms with Gasteiger partial charge in [0.05, 0.1) is 0 Å². The fourth-order valence-electron chi connectivity index (χ4n) is 4.12. The molecule has 1 aromatic rings. The van der Waals surface area contributed by atoms with Crippen molar-refractivity contribution in [2.45, 2.75) is 70.9 Å². The van der Waals surface area contributed by atoms with E-state index >= 15 is 0 Å². The van der Waals surface area contributed by atoms with Crippen molar-refractivity contribution in [3.63, 3.8) is 0 Å². The van der Waals surface area contributed by atoms with Gasteiger partial charge in [-0.25, -0.2) is 4.79 Å². The Kier molecular flexibility index (Phi) is 6.23. The van der Waals surface area contributed by atoms with Crippen molar-refractivity contribution in [1.82, 2.24) is 15.1 Å². The van der Waals surface area contributed by atoms with E-state index in [0.29, 0.717) is 12.6 Å². The molecule has 2 saturated heterocycles. The van der Waals surface area contributed by atoms with Gasteiger partial charge in [-0.05, 0) is 61.7 Å². The molecule has 1 N–H and O–H groups in total. The number of carbonyl (C=O) groups excluding carboxylic acids is 1. The van der Waals surface area contributed by atoms with Gasteiger partial charge in [0.1, 0.15) is 0 Å². The van der Waals surface area contributed by atoms with Gasteiger partial charge in [-0.1, -0.05) is 45.0 Å². The quantitative estimate of drug-likeness (QED) is 0.879. The van der Waals surface area contributed by atoms with Crippen molar-refractivity contribution in [3.8, 4) is 0 Å². The number of carbonyl (C=O) groups is 1. The largest absolute Gasteiger partial charge is 0.334 e. The number of nitrogens with zero attached hydrogens (tertiary/aromatic N) is 2. The van der Waals surface area contributed by atoms with Crippen molar-refractivity contribution >= 4 is 6.03 Å². The van der Waals surface area contributed by atoms with Crippen LogP contribution in [0.3, 0.4) is 0 Å². The summed E-state index contributed by atoms with van der Waals surface area (Å²) >= 11 is 0. The van der Waals surface area contributed by atoms with Gasteiger partial charge < -0.3 is 15.1 Å². The average molecular weight is 358 g/mol. The second-order valence-corrected chi connectivity index (χ2v) is 8.96. The summed E-state index contributed by atoms with van der Waals surface area (Å²) in [5.74, 6) is 0. The summed E-state index contributed by atoms with van der Waals surface area (Å²) in [4.78, 5) is 17.4. The summed E-state index contributed by atoms with van der Waals surface area (Å²) in [5.41, 5.74) is 2.66. The predicted molar refractivity (Wildman–Crippen MR) is 107 cm³/mol. The lowest BCUT2D eigenvalue weighted by atomic mass is 9.87. The molecule has 2 aliphatic heterocycles. The average Bonchev–Trinajstić information content (AvgIpc) is 3.13. The molecule has 3 rings (SSSR count). The minimum Gasteiger partial charge on any atom is -0.334 e. The first-order chi connectivity index (χ1) is 12.4. The molecule has 144 valence electrons. The van der Waals surface area contributed by atoms with Crippen LogP contribution in [0, 0.1) is 0 Å². The van der Waals surface area contributed by atoms with Crippen LogP contribution in [-0.4, -0.2) is 48.1 Å². The second kappa shape index (κ2) is 8.43. The zero-order valence-electron chi connectivity index (χ0n) is 16.8. The monoisotopic (exact) mass is 357 g/mol. The Balaban J connectivity index is 1.53. The first kappa shape index (κ1) is 19.2. The highest BCUT2D eigenvalue weighted by molar-refractivity contribution is 5.74. The molecular weight excluding hydrogens is 322 g/mol. The number of likely N-dealkylation sites (tertiary alicyclic amines) is 2. The molecule has 2 aliphatic rings. The van der Waals surface area contributed by atoms with Crippen LogP contribution < -0.4 is 5.32 Å². The van der Waals surface area contributed by atoms with Gasteiger partial charge in [0.25, 0.3) is 0 Å². The number of piperidine rings is 1. The molecule has 2 fully saturated rings. The number of hydrogen-bond acceptors (Lipinski definition) is 2. The molecule has 2 heterocycles. The van der Waals surface area contributed by atoms with Gasteiger partial charge in [0.2, 0.25) is 0 Å². The van der Waals surface area contributed by atoms with Crippen LogP contribution in [-0.2, 0) is 12.0 Å². The Morgan fingerprint density at radius 2 is 1.69 bits per heavy atom. The zero-order valence-corrected chi connectivity index (χ0v) is 16.8. The van der Waals surface area contributed by atoms with Crippen molar-refractivity contribution < 1.29 is 4.79 Å². The third kappa shape index (κ3) is 5.00. The molecule has 0 radical (unpaired) electrons. The van der Waals surface area contributed by atoms with Crippen molar-refractivity contribution in [3.05, 3.63) is 35.4 Å². The van der Waals surface area contributed by atoms with E-state index in [1.165, 1.54) is 43.5 Å². The van der Waals surface area contributed by atoms with Gasteiger partial charge in [0, 0.05) is 25.7 Å². The van der Waals surface area contributed by atoms with Crippen molar-refractivity contribution in [1.29, 1.82) is 0 Å². The molecule has 4 nitrogen and oxygen atoms in total. The second-order valence-electron chi connectivity index (χ2n) is 8.96. The Morgan fingerprint density at radius 1 is 1.04 bits per heavy atom. The topological polar surface area (TPSA) is 35.6 Å². The van der Waals surface area contributed by atoms with Crippen LogP contribution in [0.25, 0.3) is 0 Å². The van der Waals surface area contributed by atoms with Crippen LogP contribution in [0.15, 0.2) is 24.3 Å². The molecule has 0 saturated carbocycles. The molecular formula is C22H35N3O. The summed E-state index contributed by atoms with van der Waals surface area (Å²) in [7, 11) is 0. The summed E-state index contributed by atoms with van der Waals surface area (Å²) in [6.07, 6.45) is 6.14. The maximum Gasteiger partial charge on any atom is 0.317 e. The first-order valence-electron chi connectivity index (χ1n) is 10.3. The molecule has 26 heavy (non-hydrogen) atoms. The number of nitrogens with one attached hydrogen (secondary N) is 1. The number of hydrogen-bond donors (Lipinski definition) is 1. The van der Waals surface area contributed by atoms with Crippen LogP contribution >= 0.6 is 0 Å². The maximum atomic E-state index is 12.8. The molecule has 0 bridgehead atoms. The Hall–Kier alpha value is -1.55. The number of urea groups is 1. The van der Waals surface area contributed by atoms with Crippen LogP contribution in [0.2, 0.25) is 0 Å². The molecule has 0 unspecified atom stereocenters. The third-order valence-electron chi connectivity index (χ3n) is 5.82. The molecule has 1 atom stereocenters. The van der Waals surface area contributed by atoms with Crippen molar-refractivity contribution in [2.24, 2.45) is 0 Å². The van der Waals surface area contributed by atoms with E-state index in [0.717, 1.165) is 25.9 Å². The smallest absolute Gasteiger partial charge is 0.317 e. The molecule has 0 aromatic heterocycles. The fourth-order valence-corrected chi connectivity index (χ4v) is 4.12. The number of benzene rings is 1. The van der Waals surface area contributed by atoms with Crippen LogP contribution in [0.5, 0.6) is 0 Å². The summed E-state index contributed by atoms with van der Waals surface area (Å²) in [6.45, 7) is 11.6. The standard InChI is InChI=1S/C22H35N3O/c1-22(2,3)19-11-9-18(10-12-19)16-23-21(26)25-15-5-4-8-20(25)17-24-13-6-7-14-24/h9-12,20H,4-8,13-17H2,1-3H3,(H,23,26)/t20-/m0/s1. The van der Waals surface area contributed by atoms with E-state index < -0.39 is 0 Å². The van der Waals surface area contributed by atoms with Gasteiger partial charge in [0.15, 0.2) is 0 Å². The van der Waals surface area contributed by atoms with E-state index in [-0.39, 0.29) is 11.4 Å². The predicted octanol–water partition coefficient (Wildman–Crippen LogP) is 4.14. The SMILES string of the molecule is CC(C)(C)c1ccc(CNC(=O)N2CCCC[C@H]2CN2CCCC2)cc1. The first-order valence-corrected chi connectivity index (χ1v) is 10.3. The minimum atomic E-state index is 0.105. The summed E-state index contributed by atoms with van der Waals surface area (Å²) < 4.78 is 0. The number of rotatable bonds is 4. The van der Waals surface area contributed by atoms with Crippen LogP contribution in [0.1, 0.15) is 64.0 Å². The fraction of sp³-hybridized carbons (Fsp3) is 0.682. The van der Waals surface area contributed by atoms with E-state index in [9.17, 15) is 4.79 Å². The third-order valence-corrected chi connectivity index (χ3v) is 5.82. The molecule has 2 amide bonds. The molecule has 1 aromatic carbocycles. The van der Waals surface area contributed by atoms with Crippen LogP contribution in [0.4, 0.5) is 4.79 Å². The highest BCUT2D eigenvalue weighted by Gasteiger charge is 2.28. The Bertz CT molecular complexity index is 584. The van der Waals surface area contributed by atoms with Gasteiger partial charge >= 0.3 is 6.03 Å². The van der Waals surface area contributed by atoms with Gasteiger partial charge in [-0.3, -0.25) is 0 Å². The number of amides is 2. The Morgan fingerprint density at radius 3 is 2.35 bits per heavy atom. The molecule has 4 heteroatoms. The van der Waals surface area contributed by atoms with E-state index in [4.69, 9.17) is 0 Å². The normalized spacial score (nSPS) is 21.8.